The van der Waals surface area contributed by atoms with Crippen LogP contribution in [0.1, 0.15) is 32.6 Å². The first-order valence-electron chi connectivity index (χ1n) is 10.6. The average Bonchev–Trinajstić information content (AvgIpc) is 2.73. The lowest BCUT2D eigenvalue weighted by Crippen LogP contribution is -2.52. The third-order valence-corrected chi connectivity index (χ3v) is 5.82. The number of nitrogens with zero attached hydrogens (tertiary/aromatic N) is 5. The van der Waals surface area contributed by atoms with Crippen LogP contribution in [-0.4, -0.2) is 80.1 Å². The number of aromatic nitrogens is 1. The summed E-state index contributed by atoms with van der Waals surface area (Å²) in [4.78, 5) is 16.3. The van der Waals surface area contributed by atoms with E-state index in [1.807, 2.05) is 19.3 Å². The second-order valence-electron chi connectivity index (χ2n) is 7.87. The van der Waals surface area contributed by atoms with Crippen molar-refractivity contribution in [2.45, 2.75) is 32.6 Å². The summed E-state index contributed by atoms with van der Waals surface area (Å²) in [5.41, 5.74) is 0. The molecule has 0 radical (unpaired) electrons. The van der Waals surface area contributed by atoms with Crippen LogP contribution in [0.3, 0.4) is 0 Å². The highest BCUT2D eigenvalue weighted by Gasteiger charge is 2.20. The van der Waals surface area contributed by atoms with Crippen molar-refractivity contribution in [3.63, 3.8) is 0 Å². The molecule has 0 aromatic carbocycles. The first-order chi connectivity index (χ1) is 13.3. The van der Waals surface area contributed by atoms with Crippen LogP contribution in [0, 0.1) is 5.92 Å². The molecule has 2 saturated heterocycles. The highest BCUT2D eigenvalue weighted by Crippen LogP contribution is 2.16. The van der Waals surface area contributed by atoms with Crippen LogP contribution in [0.5, 0.6) is 0 Å². The lowest BCUT2D eigenvalue weighted by molar-refractivity contribution is 0.189. The molecule has 3 heterocycles. The molecule has 2 fully saturated rings. The zero-order valence-electron chi connectivity index (χ0n) is 17.5. The Balaban J connectivity index is 0.00000280. The molecule has 0 unspecified atom stereocenters. The topological polar surface area (TPSA) is 47.0 Å². The van der Waals surface area contributed by atoms with E-state index in [0.29, 0.717) is 0 Å². The molecule has 1 N–H and O–H groups in total. The van der Waals surface area contributed by atoms with Crippen molar-refractivity contribution in [1.29, 1.82) is 0 Å². The van der Waals surface area contributed by atoms with Gasteiger partial charge < -0.3 is 20.0 Å². The SMILES string of the molecule is CN=C(NCCCCN1CCC(C)CC1)N1CCN(c2ccccn2)CC1.I. The first kappa shape index (κ1) is 23.2. The molecular formula is C21H37IN6. The van der Waals surface area contributed by atoms with Crippen molar-refractivity contribution in [3.05, 3.63) is 24.4 Å². The summed E-state index contributed by atoms with van der Waals surface area (Å²) in [6.45, 7) is 11.2. The van der Waals surface area contributed by atoms with Crippen molar-refractivity contribution in [2.24, 2.45) is 10.9 Å². The third-order valence-electron chi connectivity index (χ3n) is 5.82. The van der Waals surface area contributed by atoms with E-state index >= 15 is 0 Å². The Morgan fingerprint density at radius 1 is 1.11 bits per heavy atom. The Hall–Kier alpha value is -1.09. The number of likely N-dealkylation sites (tertiary alicyclic amines) is 1. The number of unbranched alkanes of at least 4 members (excludes halogenated alkanes) is 1. The number of aliphatic imine (C=N–C) groups is 1. The van der Waals surface area contributed by atoms with Gasteiger partial charge in [0, 0.05) is 46.0 Å². The molecule has 7 heteroatoms. The van der Waals surface area contributed by atoms with Crippen molar-refractivity contribution in [3.8, 4) is 0 Å². The van der Waals surface area contributed by atoms with Gasteiger partial charge in [0.2, 0.25) is 0 Å². The maximum Gasteiger partial charge on any atom is 0.193 e. The molecule has 0 aliphatic carbocycles. The van der Waals surface area contributed by atoms with Crippen LogP contribution in [-0.2, 0) is 0 Å². The molecule has 1 aromatic rings. The van der Waals surface area contributed by atoms with Crippen LogP contribution in [0.2, 0.25) is 0 Å². The highest BCUT2D eigenvalue weighted by atomic mass is 127. The smallest absolute Gasteiger partial charge is 0.193 e. The van der Waals surface area contributed by atoms with Gasteiger partial charge in [-0.3, -0.25) is 4.99 Å². The standard InChI is InChI=1S/C21H36N6.HI/c1-19-8-13-25(14-9-19)12-6-5-11-24-21(22-2)27-17-15-26(16-18-27)20-7-3-4-10-23-20;/h3-4,7,10,19H,5-6,8-9,11-18H2,1-2H3,(H,22,24);1H. The summed E-state index contributed by atoms with van der Waals surface area (Å²) < 4.78 is 0. The minimum absolute atomic E-state index is 0. The van der Waals surface area contributed by atoms with E-state index in [1.165, 1.54) is 45.3 Å². The Bertz CT molecular complexity index is 566. The molecule has 0 atom stereocenters. The van der Waals surface area contributed by atoms with Gasteiger partial charge in [-0.25, -0.2) is 4.98 Å². The van der Waals surface area contributed by atoms with Gasteiger partial charge in [-0.1, -0.05) is 13.0 Å². The lowest BCUT2D eigenvalue weighted by atomic mass is 9.99. The van der Waals surface area contributed by atoms with Crippen LogP contribution < -0.4 is 10.2 Å². The summed E-state index contributed by atoms with van der Waals surface area (Å²) in [5, 5.41) is 3.56. The number of guanidine groups is 1. The van der Waals surface area contributed by atoms with Gasteiger partial charge >= 0.3 is 0 Å². The van der Waals surface area contributed by atoms with Crippen molar-refractivity contribution < 1.29 is 0 Å². The minimum Gasteiger partial charge on any atom is -0.356 e. The molecule has 6 nitrogen and oxygen atoms in total. The third kappa shape index (κ3) is 7.06. The zero-order chi connectivity index (χ0) is 18.9. The van der Waals surface area contributed by atoms with Gasteiger partial charge in [-0.05, 0) is 63.4 Å². The van der Waals surface area contributed by atoms with E-state index in [2.05, 4.69) is 49.0 Å². The molecule has 0 amide bonds. The van der Waals surface area contributed by atoms with Crippen LogP contribution in [0.15, 0.2) is 29.4 Å². The second kappa shape index (κ2) is 12.5. The molecule has 0 spiro atoms. The Morgan fingerprint density at radius 3 is 2.50 bits per heavy atom. The number of hydrogen-bond donors (Lipinski definition) is 1. The number of piperazine rings is 1. The molecule has 0 saturated carbocycles. The fourth-order valence-corrected chi connectivity index (χ4v) is 3.97. The monoisotopic (exact) mass is 500 g/mol. The van der Waals surface area contributed by atoms with E-state index in [-0.39, 0.29) is 24.0 Å². The largest absolute Gasteiger partial charge is 0.356 e. The van der Waals surface area contributed by atoms with Gasteiger partial charge in [0.05, 0.1) is 0 Å². The molecule has 28 heavy (non-hydrogen) atoms. The van der Waals surface area contributed by atoms with E-state index in [9.17, 15) is 0 Å². The van der Waals surface area contributed by atoms with Crippen molar-refractivity contribution in [1.82, 2.24) is 20.1 Å². The van der Waals surface area contributed by atoms with Crippen LogP contribution in [0.25, 0.3) is 0 Å². The Morgan fingerprint density at radius 2 is 1.86 bits per heavy atom. The fraction of sp³-hybridized carbons (Fsp3) is 0.714. The summed E-state index contributed by atoms with van der Waals surface area (Å²) in [6, 6.07) is 6.11. The molecular weight excluding hydrogens is 463 g/mol. The summed E-state index contributed by atoms with van der Waals surface area (Å²) >= 11 is 0. The molecule has 2 aliphatic rings. The normalized spacial score (nSPS) is 19.4. The van der Waals surface area contributed by atoms with Gasteiger partial charge in [-0.2, -0.15) is 0 Å². The van der Waals surface area contributed by atoms with E-state index in [4.69, 9.17) is 0 Å². The number of rotatable bonds is 6. The van der Waals surface area contributed by atoms with Crippen LogP contribution >= 0.6 is 24.0 Å². The maximum absolute atomic E-state index is 4.49. The van der Waals surface area contributed by atoms with Gasteiger partial charge in [0.25, 0.3) is 0 Å². The number of halogens is 1. The van der Waals surface area contributed by atoms with Crippen molar-refractivity contribution >= 4 is 35.8 Å². The van der Waals surface area contributed by atoms with E-state index in [0.717, 1.165) is 50.4 Å². The number of anilines is 1. The van der Waals surface area contributed by atoms with Crippen molar-refractivity contribution in [2.75, 3.05) is 64.3 Å². The number of pyridine rings is 1. The first-order valence-corrected chi connectivity index (χ1v) is 10.6. The molecule has 0 bridgehead atoms. The predicted octanol–water partition coefficient (Wildman–Crippen LogP) is 2.91. The Labute approximate surface area is 187 Å². The second-order valence-corrected chi connectivity index (χ2v) is 7.87. The van der Waals surface area contributed by atoms with E-state index < -0.39 is 0 Å². The maximum atomic E-state index is 4.49. The zero-order valence-corrected chi connectivity index (χ0v) is 19.8. The lowest BCUT2D eigenvalue weighted by Gasteiger charge is -2.37. The minimum atomic E-state index is 0. The molecule has 1 aromatic heterocycles. The highest BCUT2D eigenvalue weighted by molar-refractivity contribution is 14.0. The number of piperidine rings is 1. The van der Waals surface area contributed by atoms with Gasteiger partial charge in [-0.15, -0.1) is 24.0 Å². The molecule has 2 aliphatic heterocycles. The fourth-order valence-electron chi connectivity index (χ4n) is 3.97. The number of hydrogen-bond acceptors (Lipinski definition) is 4. The molecule has 158 valence electrons. The summed E-state index contributed by atoms with van der Waals surface area (Å²) in [7, 11) is 1.89. The van der Waals surface area contributed by atoms with Gasteiger partial charge in [0.15, 0.2) is 5.96 Å². The quantitative estimate of drug-likeness (QED) is 0.282. The van der Waals surface area contributed by atoms with Crippen LogP contribution in [0.4, 0.5) is 5.82 Å². The van der Waals surface area contributed by atoms with E-state index in [1.54, 1.807) is 0 Å². The Kier molecular flexibility index (Phi) is 10.3. The van der Waals surface area contributed by atoms with Gasteiger partial charge in [0.1, 0.15) is 5.82 Å². The average molecular weight is 500 g/mol. The summed E-state index contributed by atoms with van der Waals surface area (Å²) in [5.74, 6) is 3.04. The summed E-state index contributed by atoms with van der Waals surface area (Å²) in [6.07, 6.45) is 7.09. The predicted molar refractivity (Wildman–Crippen MR) is 129 cm³/mol. The molecule has 3 rings (SSSR count). The number of nitrogens with one attached hydrogen (secondary N) is 1.